The predicted molar refractivity (Wildman–Crippen MR) is 50.6 cm³/mol. The Labute approximate surface area is 80.5 Å². The number of epoxide rings is 1. The maximum atomic E-state index is 5.64. The highest BCUT2D eigenvalue weighted by molar-refractivity contribution is 6.60. The fraction of sp³-hybridized carbons (Fsp3) is 1.00. The highest BCUT2D eigenvalue weighted by atomic mass is 28.4. The van der Waals surface area contributed by atoms with E-state index in [9.17, 15) is 0 Å². The van der Waals surface area contributed by atoms with Gasteiger partial charge in [0.1, 0.15) is 0 Å². The van der Waals surface area contributed by atoms with Gasteiger partial charge in [0.15, 0.2) is 0 Å². The summed E-state index contributed by atoms with van der Waals surface area (Å²) in [5, 5.41) is 0. The van der Waals surface area contributed by atoms with E-state index in [1.165, 1.54) is 0 Å². The molecule has 1 fully saturated rings. The molecule has 0 bridgehead atoms. The Hall–Kier alpha value is 0.0569. The summed E-state index contributed by atoms with van der Waals surface area (Å²) >= 11 is 0. The van der Waals surface area contributed by atoms with Gasteiger partial charge in [-0.1, -0.05) is 6.92 Å². The van der Waals surface area contributed by atoms with Crippen molar-refractivity contribution in [3.8, 4) is 0 Å². The summed E-state index contributed by atoms with van der Waals surface area (Å²) < 4.78 is 21.5. The molecule has 0 spiro atoms. The second-order valence-electron chi connectivity index (χ2n) is 3.10. The normalized spacial score (nSPS) is 21.9. The molecule has 1 unspecified atom stereocenters. The number of rotatable bonds is 7. The van der Waals surface area contributed by atoms with Gasteiger partial charge in [0.05, 0.1) is 12.7 Å². The van der Waals surface area contributed by atoms with Crippen LogP contribution in [0.5, 0.6) is 0 Å². The van der Waals surface area contributed by atoms with Crippen LogP contribution in [-0.2, 0) is 18.0 Å². The molecular formula is C8H18O4Si. The predicted octanol–water partition coefficient (Wildman–Crippen LogP) is 1.04. The van der Waals surface area contributed by atoms with E-state index < -0.39 is 8.80 Å². The summed E-state index contributed by atoms with van der Waals surface area (Å²) in [5.41, 5.74) is 0. The summed E-state index contributed by atoms with van der Waals surface area (Å²) in [6, 6.07) is 0.778. The molecular weight excluding hydrogens is 188 g/mol. The van der Waals surface area contributed by atoms with Gasteiger partial charge in [-0.2, -0.15) is 0 Å². The Bertz CT molecular complexity index is 145. The molecule has 0 aromatic heterocycles. The zero-order chi connectivity index (χ0) is 9.73. The molecule has 1 heterocycles. The van der Waals surface area contributed by atoms with Crippen molar-refractivity contribution < 1.29 is 18.0 Å². The van der Waals surface area contributed by atoms with Crippen molar-refractivity contribution in [2.75, 3.05) is 27.4 Å². The van der Waals surface area contributed by atoms with Gasteiger partial charge in [-0.3, -0.25) is 0 Å². The molecule has 0 N–H and O–H groups in total. The summed E-state index contributed by atoms with van der Waals surface area (Å²) in [6.45, 7) is 3.58. The van der Waals surface area contributed by atoms with Crippen molar-refractivity contribution in [1.29, 1.82) is 0 Å². The van der Waals surface area contributed by atoms with E-state index in [1.807, 2.05) is 0 Å². The lowest BCUT2D eigenvalue weighted by molar-refractivity contribution is 0.0960. The Morgan fingerprint density at radius 3 is 2.38 bits per heavy atom. The SMILES string of the molecule is CCCO[Si](CC1CO1)(OC)OC. The van der Waals surface area contributed by atoms with E-state index in [2.05, 4.69) is 6.92 Å². The molecule has 1 saturated heterocycles. The lowest BCUT2D eigenvalue weighted by Gasteiger charge is -2.25. The van der Waals surface area contributed by atoms with Gasteiger partial charge >= 0.3 is 8.80 Å². The third-order valence-electron chi connectivity index (χ3n) is 2.03. The minimum absolute atomic E-state index is 0.295. The average Bonchev–Trinajstić information content (AvgIpc) is 2.96. The van der Waals surface area contributed by atoms with Gasteiger partial charge in [0, 0.05) is 26.9 Å². The Morgan fingerprint density at radius 1 is 1.38 bits per heavy atom. The lowest BCUT2D eigenvalue weighted by atomic mass is 10.5. The molecule has 0 aromatic carbocycles. The number of hydrogen-bond donors (Lipinski definition) is 0. The Kier molecular flexibility index (Phi) is 4.34. The first-order valence-corrected chi connectivity index (χ1v) is 6.55. The maximum Gasteiger partial charge on any atom is 0.503 e. The molecule has 4 nitrogen and oxygen atoms in total. The van der Waals surface area contributed by atoms with Crippen LogP contribution in [0, 0.1) is 0 Å². The van der Waals surface area contributed by atoms with E-state index in [0.29, 0.717) is 12.7 Å². The third kappa shape index (κ3) is 3.36. The fourth-order valence-corrected chi connectivity index (χ4v) is 3.31. The molecule has 0 aromatic rings. The largest absolute Gasteiger partial charge is 0.503 e. The van der Waals surface area contributed by atoms with Crippen molar-refractivity contribution in [2.45, 2.75) is 25.5 Å². The van der Waals surface area contributed by atoms with Gasteiger partial charge in [0.2, 0.25) is 0 Å². The topological polar surface area (TPSA) is 40.2 Å². The van der Waals surface area contributed by atoms with E-state index in [-0.39, 0.29) is 0 Å². The second kappa shape index (κ2) is 5.07. The molecule has 0 radical (unpaired) electrons. The van der Waals surface area contributed by atoms with Crippen molar-refractivity contribution in [1.82, 2.24) is 0 Å². The van der Waals surface area contributed by atoms with Crippen molar-refractivity contribution >= 4 is 8.80 Å². The summed E-state index contributed by atoms with van der Waals surface area (Å²) in [5.74, 6) is 0. The molecule has 0 amide bonds. The van der Waals surface area contributed by atoms with E-state index in [1.54, 1.807) is 14.2 Å². The third-order valence-corrected chi connectivity index (χ3v) is 4.87. The molecule has 13 heavy (non-hydrogen) atoms. The van der Waals surface area contributed by atoms with Crippen LogP contribution in [0.4, 0.5) is 0 Å². The first kappa shape index (κ1) is 11.1. The van der Waals surface area contributed by atoms with Gasteiger partial charge in [-0.15, -0.1) is 0 Å². The summed E-state index contributed by atoms with van der Waals surface area (Å²) in [4.78, 5) is 0. The van der Waals surface area contributed by atoms with Crippen LogP contribution in [0.1, 0.15) is 13.3 Å². The summed E-state index contributed by atoms with van der Waals surface area (Å²) in [7, 11) is 0.903. The quantitative estimate of drug-likeness (QED) is 0.461. The highest BCUT2D eigenvalue weighted by Gasteiger charge is 2.45. The van der Waals surface area contributed by atoms with Crippen LogP contribution in [-0.4, -0.2) is 42.3 Å². The Balaban J connectivity index is 2.38. The minimum atomic E-state index is -2.39. The smallest absolute Gasteiger partial charge is 0.377 e. The van der Waals surface area contributed by atoms with E-state index in [4.69, 9.17) is 18.0 Å². The van der Waals surface area contributed by atoms with Crippen molar-refractivity contribution in [3.05, 3.63) is 0 Å². The molecule has 78 valence electrons. The molecule has 1 rings (SSSR count). The van der Waals surface area contributed by atoms with Crippen molar-refractivity contribution in [2.24, 2.45) is 0 Å². The zero-order valence-electron chi connectivity index (χ0n) is 8.54. The van der Waals surface area contributed by atoms with E-state index >= 15 is 0 Å². The van der Waals surface area contributed by atoms with Gasteiger partial charge < -0.3 is 18.0 Å². The second-order valence-corrected chi connectivity index (χ2v) is 5.98. The Morgan fingerprint density at radius 2 is 2.00 bits per heavy atom. The molecule has 1 aliphatic heterocycles. The molecule has 1 atom stereocenters. The summed E-state index contributed by atoms with van der Waals surface area (Å²) in [6.07, 6.45) is 1.27. The lowest BCUT2D eigenvalue weighted by Crippen LogP contribution is -2.45. The first-order chi connectivity index (χ1) is 6.26. The van der Waals surface area contributed by atoms with Crippen LogP contribution >= 0.6 is 0 Å². The number of ether oxygens (including phenoxy) is 1. The standard InChI is InChI=1S/C8H18O4Si/c1-4-5-12-13(9-2,10-3)7-8-6-11-8/h8H,4-7H2,1-3H3. The van der Waals surface area contributed by atoms with Crippen molar-refractivity contribution in [3.63, 3.8) is 0 Å². The average molecular weight is 206 g/mol. The van der Waals surface area contributed by atoms with Gasteiger partial charge in [-0.25, -0.2) is 0 Å². The number of hydrogen-bond acceptors (Lipinski definition) is 4. The first-order valence-electron chi connectivity index (χ1n) is 4.62. The van der Waals surface area contributed by atoms with Crippen LogP contribution < -0.4 is 0 Å². The van der Waals surface area contributed by atoms with Gasteiger partial charge in [-0.05, 0) is 6.42 Å². The monoisotopic (exact) mass is 206 g/mol. The van der Waals surface area contributed by atoms with Crippen LogP contribution in [0.2, 0.25) is 6.04 Å². The fourth-order valence-electron chi connectivity index (χ4n) is 1.15. The molecule has 0 aliphatic carbocycles. The van der Waals surface area contributed by atoms with Gasteiger partial charge in [0.25, 0.3) is 0 Å². The molecule has 5 heteroatoms. The highest BCUT2D eigenvalue weighted by Crippen LogP contribution is 2.24. The molecule has 1 aliphatic rings. The minimum Gasteiger partial charge on any atom is -0.377 e. The maximum absolute atomic E-state index is 5.64. The van der Waals surface area contributed by atoms with Crippen LogP contribution in [0.3, 0.4) is 0 Å². The van der Waals surface area contributed by atoms with E-state index in [0.717, 1.165) is 19.1 Å². The van der Waals surface area contributed by atoms with Crippen LogP contribution in [0.25, 0.3) is 0 Å². The molecule has 0 saturated carbocycles. The zero-order valence-corrected chi connectivity index (χ0v) is 9.54. The van der Waals surface area contributed by atoms with Crippen LogP contribution in [0.15, 0.2) is 0 Å².